The standard InChI is InChI=1S/C31H41Cl2NO6/c1-6-14-38-24-12-8-10-22(16-24)18-26(28(35)20-32)34(30(37)40-31(3,4)5)27(29(36)21-33)19-23-11-9-13-25(17-23)39-15-7-2/h6-13,16-17,26-29,35-36H,1-2,14-15,18-21H2,3-5H3. The van der Waals surface area contributed by atoms with Crippen LogP contribution in [0.5, 0.6) is 11.5 Å². The molecule has 0 aliphatic rings. The molecule has 7 nitrogen and oxygen atoms in total. The summed E-state index contributed by atoms with van der Waals surface area (Å²) in [5.74, 6) is 0.944. The fourth-order valence-electron chi connectivity index (χ4n) is 4.19. The van der Waals surface area contributed by atoms with Gasteiger partial charge in [-0.05, 0) is 69.0 Å². The summed E-state index contributed by atoms with van der Waals surface area (Å²) < 4.78 is 17.1. The number of alkyl halides is 2. The second-order valence-electron chi connectivity index (χ2n) is 10.4. The van der Waals surface area contributed by atoms with Gasteiger partial charge in [0.2, 0.25) is 0 Å². The molecule has 2 N–H and O–H groups in total. The molecule has 1 amide bonds. The van der Waals surface area contributed by atoms with Crippen molar-refractivity contribution in [2.24, 2.45) is 0 Å². The molecule has 4 atom stereocenters. The molecule has 40 heavy (non-hydrogen) atoms. The molecule has 0 aromatic heterocycles. The van der Waals surface area contributed by atoms with Gasteiger partial charge in [-0.25, -0.2) is 4.79 Å². The fourth-order valence-corrected chi connectivity index (χ4v) is 4.61. The van der Waals surface area contributed by atoms with Gasteiger partial charge in [-0.2, -0.15) is 0 Å². The van der Waals surface area contributed by atoms with Crippen LogP contribution in [0.1, 0.15) is 31.9 Å². The number of carbonyl (C=O) groups is 1. The van der Waals surface area contributed by atoms with Crippen LogP contribution >= 0.6 is 23.2 Å². The lowest BCUT2D eigenvalue weighted by molar-refractivity contribution is -0.0364. The van der Waals surface area contributed by atoms with Crippen LogP contribution in [0.3, 0.4) is 0 Å². The number of hydrogen-bond donors (Lipinski definition) is 2. The second kappa shape index (κ2) is 16.5. The molecule has 0 spiro atoms. The van der Waals surface area contributed by atoms with E-state index in [0.717, 1.165) is 11.1 Å². The first-order valence-corrected chi connectivity index (χ1v) is 14.2. The number of halogens is 2. The van der Waals surface area contributed by atoms with E-state index in [1.807, 2.05) is 48.5 Å². The quantitative estimate of drug-likeness (QED) is 0.189. The van der Waals surface area contributed by atoms with Gasteiger partial charge < -0.3 is 24.4 Å². The zero-order valence-corrected chi connectivity index (χ0v) is 25.0. The average Bonchev–Trinajstić information content (AvgIpc) is 2.92. The maximum atomic E-state index is 13.8. The van der Waals surface area contributed by atoms with Crippen molar-refractivity contribution in [3.63, 3.8) is 0 Å². The van der Waals surface area contributed by atoms with E-state index >= 15 is 0 Å². The third-order valence-corrected chi connectivity index (χ3v) is 6.58. The Bertz CT molecular complexity index is 1020. The van der Waals surface area contributed by atoms with Gasteiger partial charge in [0.05, 0.1) is 36.1 Å². The molecular weight excluding hydrogens is 553 g/mol. The van der Waals surface area contributed by atoms with Gasteiger partial charge in [0, 0.05) is 0 Å². The Morgan fingerprint density at radius 3 is 1.65 bits per heavy atom. The zero-order chi connectivity index (χ0) is 29.7. The number of amides is 1. The largest absolute Gasteiger partial charge is 0.490 e. The highest BCUT2D eigenvalue weighted by molar-refractivity contribution is 6.18. The number of carbonyl (C=O) groups excluding carboxylic acids is 1. The highest BCUT2D eigenvalue weighted by atomic mass is 35.5. The number of hydrogen-bond acceptors (Lipinski definition) is 6. The number of aliphatic hydroxyl groups is 2. The maximum absolute atomic E-state index is 13.8. The number of rotatable bonds is 16. The van der Waals surface area contributed by atoms with E-state index in [1.54, 1.807) is 32.9 Å². The Morgan fingerprint density at radius 1 is 0.875 bits per heavy atom. The molecule has 2 aromatic rings. The molecule has 0 heterocycles. The third kappa shape index (κ3) is 10.7. The van der Waals surface area contributed by atoms with E-state index in [0.29, 0.717) is 24.7 Å². The van der Waals surface area contributed by atoms with Gasteiger partial charge in [-0.3, -0.25) is 4.90 Å². The van der Waals surface area contributed by atoms with Crippen molar-refractivity contribution in [2.75, 3.05) is 25.0 Å². The summed E-state index contributed by atoms with van der Waals surface area (Å²) in [6.45, 7) is 13.3. The summed E-state index contributed by atoms with van der Waals surface area (Å²) in [5.41, 5.74) is 0.755. The van der Waals surface area contributed by atoms with Crippen LogP contribution in [-0.2, 0) is 17.6 Å². The van der Waals surface area contributed by atoms with Crippen molar-refractivity contribution in [3.05, 3.63) is 85.0 Å². The minimum absolute atomic E-state index is 0.148. The topological polar surface area (TPSA) is 88.5 Å². The van der Waals surface area contributed by atoms with E-state index in [1.165, 1.54) is 4.90 Å². The van der Waals surface area contributed by atoms with Crippen LogP contribution in [0, 0.1) is 0 Å². The molecule has 220 valence electrons. The Hall–Kier alpha value is -2.71. The molecule has 0 aliphatic carbocycles. The van der Waals surface area contributed by atoms with E-state index in [4.69, 9.17) is 37.4 Å². The molecule has 0 saturated carbocycles. The first-order valence-electron chi connectivity index (χ1n) is 13.2. The van der Waals surface area contributed by atoms with Crippen molar-refractivity contribution in [1.82, 2.24) is 4.90 Å². The van der Waals surface area contributed by atoms with Crippen molar-refractivity contribution in [2.45, 2.75) is 63.5 Å². The minimum atomic E-state index is -1.14. The number of ether oxygens (including phenoxy) is 3. The van der Waals surface area contributed by atoms with E-state index in [9.17, 15) is 15.0 Å². The lowest BCUT2D eigenvalue weighted by atomic mass is 9.94. The summed E-state index contributed by atoms with van der Waals surface area (Å²) in [6, 6.07) is 13.0. The van der Waals surface area contributed by atoms with Crippen LogP contribution in [0.25, 0.3) is 0 Å². The molecule has 4 unspecified atom stereocenters. The van der Waals surface area contributed by atoms with Crippen LogP contribution in [-0.4, -0.2) is 76.1 Å². The number of nitrogens with zero attached hydrogens (tertiary/aromatic N) is 1. The van der Waals surface area contributed by atoms with Crippen LogP contribution < -0.4 is 9.47 Å². The Labute approximate surface area is 248 Å². The number of aliphatic hydroxyl groups excluding tert-OH is 2. The van der Waals surface area contributed by atoms with Gasteiger partial charge in [0.15, 0.2) is 0 Å². The van der Waals surface area contributed by atoms with Crippen molar-refractivity contribution < 1.29 is 29.2 Å². The van der Waals surface area contributed by atoms with Gasteiger partial charge in [0.1, 0.15) is 30.3 Å². The summed E-state index contributed by atoms with van der Waals surface area (Å²) in [6.07, 6.45) is 0.741. The molecule has 0 saturated heterocycles. The maximum Gasteiger partial charge on any atom is 0.410 e. The molecule has 0 aliphatic heterocycles. The van der Waals surface area contributed by atoms with Crippen LogP contribution in [0.15, 0.2) is 73.8 Å². The van der Waals surface area contributed by atoms with Gasteiger partial charge in [-0.15, -0.1) is 23.2 Å². The van der Waals surface area contributed by atoms with Gasteiger partial charge >= 0.3 is 6.09 Å². The Balaban J connectivity index is 2.57. The van der Waals surface area contributed by atoms with Gasteiger partial charge in [0.25, 0.3) is 0 Å². The van der Waals surface area contributed by atoms with E-state index in [2.05, 4.69) is 13.2 Å². The first kappa shape index (κ1) is 33.5. The average molecular weight is 595 g/mol. The van der Waals surface area contributed by atoms with Crippen LogP contribution in [0.2, 0.25) is 0 Å². The lowest BCUT2D eigenvalue weighted by Crippen LogP contribution is -2.59. The minimum Gasteiger partial charge on any atom is -0.490 e. The van der Waals surface area contributed by atoms with Crippen molar-refractivity contribution >= 4 is 29.3 Å². The lowest BCUT2D eigenvalue weighted by Gasteiger charge is -2.42. The molecular formula is C31H41Cl2NO6. The fraction of sp³-hybridized carbons (Fsp3) is 0.452. The predicted molar refractivity (Wildman–Crippen MR) is 161 cm³/mol. The molecule has 2 rings (SSSR count). The van der Waals surface area contributed by atoms with Crippen molar-refractivity contribution in [3.8, 4) is 11.5 Å². The summed E-state index contributed by atoms with van der Waals surface area (Å²) >= 11 is 12.3. The molecule has 2 aromatic carbocycles. The van der Waals surface area contributed by atoms with Gasteiger partial charge in [-0.1, -0.05) is 49.6 Å². The first-order chi connectivity index (χ1) is 19.0. The summed E-state index contributed by atoms with van der Waals surface area (Å²) in [7, 11) is 0. The second-order valence-corrected chi connectivity index (χ2v) is 11.0. The monoisotopic (exact) mass is 593 g/mol. The van der Waals surface area contributed by atoms with E-state index in [-0.39, 0.29) is 24.6 Å². The molecule has 9 heteroatoms. The molecule has 0 radical (unpaired) electrons. The predicted octanol–water partition coefficient (Wildman–Crippen LogP) is 5.78. The van der Waals surface area contributed by atoms with E-state index < -0.39 is 36.0 Å². The van der Waals surface area contributed by atoms with Crippen LogP contribution in [0.4, 0.5) is 4.79 Å². The number of benzene rings is 2. The highest BCUT2D eigenvalue weighted by Crippen LogP contribution is 2.27. The smallest absolute Gasteiger partial charge is 0.410 e. The summed E-state index contributed by atoms with van der Waals surface area (Å²) in [5, 5.41) is 22.3. The normalized spacial score (nSPS) is 14.4. The Kier molecular flexibility index (Phi) is 13.8. The zero-order valence-electron chi connectivity index (χ0n) is 23.5. The molecule has 0 fully saturated rings. The highest BCUT2D eigenvalue weighted by Gasteiger charge is 2.40. The molecule has 0 bridgehead atoms. The third-order valence-electron chi connectivity index (χ3n) is 5.95. The Morgan fingerprint density at radius 2 is 1.30 bits per heavy atom. The summed E-state index contributed by atoms with van der Waals surface area (Å²) in [4.78, 5) is 15.2. The van der Waals surface area contributed by atoms with Crippen molar-refractivity contribution in [1.29, 1.82) is 0 Å². The SMILES string of the molecule is C=CCOc1cccc(CC(C(O)CCl)N(C(=O)OC(C)(C)C)C(Cc2cccc(OCC=C)c2)C(O)CCl)c1.